The number of rotatable bonds is 6. The van der Waals surface area contributed by atoms with Gasteiger partial charge in [-0.15, -0.1) is 0 Å². The third kappa shape index (κ3) is 40.4. The van der Waals surface area contributed by atoms with E-state index in [0.717, 1.165) is 7.11 Å². The molecule has 0 aromatic rings. The molecule has 0 fully saturated rings. The second-order valence-electron chi connectivity index (χ2n) is 3.41. The Balaban J connectivity index is -0.000000147. The lowest BCUT2D eigenvalue weighted by Gasteiger charge is -1.86. The second-order valence-corrected chi connectivity index (χ2v) is 3.41. The van der Waals surface area contributed by atoms with Crippen LogP contribution < -0.4 is 0 Å². The van der Waals surface area contributed by atoms with Crippen LogP contribution in [0.4, 0.5) is 0 Å². The molecule has 1 nitrogen and oxygen atoms in total. The van der Waals surface area contributed by atoms with Crippen molar-refractivity contribution in [1.29, 1.82) is 0 Å². The smallest absolute Gasteiger partial charge is 0.0319 e. The van der Waals surface area contributed by atoms with Gasteiger partial charge in [-0.05, 0) is 0 Å². The molecule has 0 radical (unpaired) electrons. The first-order valence-electron chi connectivity index (χ1n) is 6.28. The molecular weight excluding hydrogens is 172 g/mol. The maximum Gasteiger partial charge on any atom is 0.0319 e. The van der Waals surface area contributed by atoms with Crippen molar-refractivity contribution in [3.63, 3.8) is 0 Å². The van der Waals surface area contributed by atoms with Crippen molar-refractivity contribution >= 4 is 0 Å². The van der Waals surface area contributed by atoms with Crippen LogP contribution in [0.15, 0.2) is 0 Å². The number of hydrogen-bond donors (Lipinski definition) is 1. The normalized spacial score (nSPS) is 8.14. The minimum atomic E-state index is 1.00. The fourth-order valence-electron chi connectivity index (χ4n) is 1.000. The summed E-state index contributed by atoms with van der Waals surface area (Å²) >= 11 is 0. The predicted molar refractivity (Wildman–Crippen MR) is 67.8 cm³/mol. The standard InChI is InChI=1S/2C6H14.CH4O/c2*1-3-5-6-4-2;1-2/h2*3-6H2,1-2H3;2H,1H3. The van der Waals surface area contributed by atoms with Gasteiger partial charge in [-0.3, -0.25) is 0 Å². The molecule has 0 aliphatic carbocycles. The fraction of sp³-hybridized carbons (Fsp3) is 1.00. The second kappa shape index (κ2) is 29.3. The van der Waals surface area contributed by atoms with Crippen molar-refractivity contribution < 1.29 is 5.11 Å². The minimum Gasteiger partial charge on any atom is -0.400 e. The summed E-state index contributed by atoms with van der Waals surface area (Å²) in [6.45, 7) is 8.93. The molecule has 0 atom stereocenters. The van der Waals surface area contributed by atoms with Crippen LogP contribution in [-0.4, -0.2) is 12.2 Å². The lowest BCUT2D eigenvalue weighted by Crippen LogP contribution is -1.66. The molecular formula is C13H32O. The summed E-state index contributed by atoms with van der Waals surface area (Å²) in [6.07, 6.45) is 11.1. The average molecular weight is 204 g/mol. The third-order valence-electron chi connectivity index (χ3n) is 1.91. The highest BCUT2D eigenvalue weighted by molar-refractivity contribution is 4.31. The first kappa shape index (κ1) is 19.5. The molecule has 0 unspecified atom stereocenters. The number of aliphatic hydroxyl groups excluding tert-OH is 1. The monoisotopic (exact) mass is 204 g/mol. The molecule has 0 aliphatic heterocycles. The van der Waals surface area contributed by atoms with Crippen LogP contribution in [0.5, 0.6) is 0 Å². The van der Waals surface area contributed by atoms with Crippen molar-refractivity contribution in [2.45, 2.75) is 79.1 Å². The Hall–Kier alpha value is -0.0400. The molecule has 14 heavy (non-hydrogen) atoms. The van der Waals surface area contributed by atoms with Gasteiger partial charge in [0.25, 0.3) is 0 Å². The number of hydrogen-bond acceptors (Lipinski definition) is 1. The Labute approximate surface area is 91.9 Å². The SMILES string of the molecule is CCCCCC.CCCCCC.CO. The molecule has 0 saturated carbocycles. The van der Waals surface area contributed by atoms with E-state index in [1.54, 1.807) is 0 Å². The van der Waals surface area contributed by atoms with Gasteiger partial charge in [0.15, 0.2) is 0 Å². The molecule has 0 aromatic carbocycles. The van der Waals surface area contributed by atoms with Crippen molar-refractivity contribution in [2.75, 3.05) is 7.11 Å². The molecule has 0 spiro atoms. The first-order chi connectivity index (χ1) is 6.83. The van der Waals surface area contributed by atoms with E-state index in [2.05, 4.69) is 27.7 Å². The van der Waals surface area contributed by atoms with Crippen molar-refractivity contribution in [1.82, 2.24) is 0 Å². The van der Waals surface area contributed by atoms with Crippen molar-refractivity contribution in [2.24, 2.45) is 0 Å². The van der Waals surface area contributed by atoms with E-state index in [0.29, 0.717) is 0 Å². The summed E-state index contributed by atoms with van der Waals surface area (Å²) < 4.78 is 0. The highest BCUT2D eigenvalue weighted by Gasteiger charge is 1.75. The molecule has 0 aromatic heterocycles. The molecule has 0 amide bonds. The minimum absolute atomic E-state index is 1.00. The van der Waals surface area contributed by atoms with E-state index in [9.17, 15) is 0 Å². The van der Waals surface area contributed by atoms with Crippen LogP contribution in [0, 0.1) is 0 Å². The first-order valence-corrected chi connectivity index (χ1v) is 6.28. The lowest BCUT2D eigenvalue weighted by atomic mass is 10.2. The van der Waals surface area contributed by atoms with Crippen LogP contribution in [0.3, 0.4) is 0 Å². The van der Waals surface area contributed by atoms with E-state index in [4.69, 9.17) is 5.11 Å². The zero-order chi connectivity index (χ0) is 11.7. The molecule has 90 valence electrons. The summed E-state index contributed by atoms with van der Waals surface area (Å²) in [5.41, 5.74) is 0. The van der Waals surface area contributed by atoms with Gasteiger partial charge in [0.05, 0.1) is 0 Å². The highest BCUT2D eigenvalue weighted by atomic mass is 16.2. The molecule has 1 N–H and O–H groups in total. The van der Waals surface area contributed by atoms with E-state index in [-0.39, 0.29) is 0 Å². The van der Waals surface area contributed by atoms with E-state index >= 15 is 0 Å². The predicted octanol–water partition coefficient (Wildman–Crippen LogP) is 4.78. The van der Waals surface area contributed by atoms with Crippen molar-refractivity contribution in [3.05, 3.63) is 0 Å². The van der Waals surface area contributed by atoms with Gasteiger partial charge in [0.1, 0.15) is 0 Å². The van der Waals surface area contributed by atoms with Crippen LogP contribution in [0.2, 0.25) is 0 Å². The molecule has 0 rings (SSSR count). The fourth-order valence-corrected chi connectivity index (χ4v) is 1.000. The molecule has 0 heterocycles. The Morgan fingerprint density at radius 3 is 0.714 bits per heavy atom. The highest BCUT2D eigenvalue weighted by Crippen LogP contribution is 1.95. The number of unbranched alkanes of at least 4 members (excludes halogenated alkanes) is 6. The van der Waals surface area contributed by atoms with Gasteiger partial charge < -0.3 is 5.11 Å². The summed E-state index contributed by atoms with van der Waals surface area (Å²) in [6, 6.07) is 0. The largest absolute Gasteiger partial charge is 0.400 e. The van der Waals surface area contributed by atoms with Gasteiger partial charge in [-0.25, -0.2) is 0 Å². The van der Waals surface area contributed by atoms with Crippen LogP contribution >= 0.6 is 0 Å². The lowest BCUT2D eigenvalue weighted by molar-refractivity contribution is 0.399. The number of aliphatic hydroxyl groups is 1. The maximum absolute atomic E-state index is 7.00. The van der Waals surface area contributed by atoms with Gasteiger partial charge in [0, 0.05) is 7.11 Å². The molecule has 0 saturated heterocycles. The quantitative estimate of drug-likeness (QED) is 0.617. The summed E-state index contributed by atoms with van der Waals surface area (Å²) in [5, 5.41) is 7.00. The van der Waals surface area contributed by atoms with Crippen LogP contribution in [-0.2, 0) is 0 Å². The van der Waals surface area contributed by atoms with E-state index < -0.39 is 0 Å². The maximum atomic E-state index is 7.00. The average Bonchev–Trinajstić information content (AvgIpc) is 2.27. The summed E-state index contributed by atoms with van der Waals surface area (Å²) in [5.74, 6) is 0. The zero-order valence-electron chi connectivity index (χ0n) is 11.1. The third-order valence-corrected chi connectivity index (χ3v) is 1.91. The Kier molecular flexibility index (Phi) is 40.8. The van der Waals surface area contributed by atoms with E-state index in [1.807, 2.05) is 0 Å². The summed E-state index contributed by atoms with van der Waals surface area (Å²) in [7, 11) is 1.00. The Morgan fingerprint density at radius 1 is 0.500 bits per heavy atom. The molecule has 0 aliphatic rings. The van der Waals surface area contributed by atoms with Crippen molar-refractivity contribution in [3.8, 4) is 0 Å². The molecule has 1 heteroatoms. The van der Waals surface area contributed by atoms with Crippen LogP contribution in [0.1, 0.15) is 79.1 Å². The van der Waals surface area contributed by atoms with Gasteiger partial charge >= 0.3 is 0 Å². The van der Waals surface area contributed by atoms with Crippen LogP contribution in [0.25, 0.3) is 0 Å². The van der Waals surface area contributed by atoms with E-state index in [1.165, 1.54) is 51.4 Å². The Morgan fingerprint density at radius 2 is 0.643 bits per heavy atom. The molecule has 0 bridgehead atoms. The van der Waals surface area contributed by atoms with Gasteiger partial charge in [-0.1, -0.05) is 79.1 Å². The summed E-state index contributed by atoms with van der Waals surface area (Å²) in [4.78, 5) is 0. The van der Waals surface area contributed by atoms with Gasteiger partial charge in [0.2, 0.25) is 0 Å². The van der Waals surface area contributed by atoms with Gasteiger partial charge in [-0.2, -0.15) is 0 Å². The Bertz CT molecular complexity index is 37.2. The zero-order valence-corrected chi connectivity index (χ0v) is 11.1. The topological polar surface area (TPSA) is 20.2 Å².